The highest BCUT2D eigenvalue weighted by Gasteiger charge is 2.24. The SMILES string of the molecule is Cc1cnccc1OC1CCN(c2nnc(-c3noc(CO)n3)s2)CC1. The number of aromatic nitrogens is 5. The van der Waals surface area contributed by atoms with E-state index in [0.29, 0.717) is 10.8 Å². The molecule has 1 fully saturated rings. The van der Waals surface area contributed by atoms with Gasteiger partial charge in [0.05, 0.1) is 0 Å². The van der Waals surface area contributed by atoms with E-state index in [4.69, 9.17) is 14.4 Å². The minimum Gasteiger partial charge on any atom is -0.490 e. The summed E-state index contributed by atoms with van der Waals surface area (Å²) in [5.74, 6) is 1.42. The molecule has 1 aliphatic rings. The van der Waals surface area contributed by atoms with Gasteiger partial charge in [-0.15, -0.1) is 10.2 Å². The molecular weight excluding hydrogens is 356 g/mol. The summed E-state index contributed by atoms with van der Waals surface area (Å²) in [5, 5.41) is 22.6. The number of piperidine rings is 1. The molecule has 0 spiro atoms. The topological polar surface area (TPSA) is 110 Å². The van der Waals surface area contributed by atoms with Crippen molar-refractivity contribution in [3.05, 3.63) is 29.9 Å². The molecule has 0 unspecified atom stereocenters. The maximum atomic E-state index is 9.00. The number of ether oxygens (including phenoxy) is 1. The van der Waals surface area contributed by atoms with E-state index in [2.05, 4.69) is 30.2 Å². The Morgan fingerprint density at radius 3 is 2.92 bits per heavy atom. The van der Waals surface area contributed by atoms with Crippen LogP contribution in [0.2, 0.25) is 0 Å². The average molecular weight is 374 g/mol. The quantitative estimate of drug-likeness (QED) is 0.715. The molecule has 1 saturated heterocycles. The number of nitrogens with zero attached hydrogens (tertiary/aromatic N) is 6. The van der Waals surface area contributed by atoms with Crippen LogP contribution in [0.3, 0.4) is 0 Å². The molecule has 0 amide bonds. The minimum atomic E-state index is -0.289. The molecule has 3 aromatic rings. The average Bonchev–Trinajstić information content (AvgIpc) is 3.33. The van der Waals surface area contributed by atoms with Gasteiger partial charge >= 0.3 is 0 Å². The fraction of sp³-hybridized carbons (Fsp3) is 0.438. The van der Waals surface area contributed by atoms with E-state index in [-0.39, 0.29) is 18.6 Å². The Morgan fingerprint density at radius 2 is 2.19 bits per heavy atom. The van der Waals surface area contributed by atoms with Crippen LogP contribution >= 0.6 is 11.3 Å². The van der Waals surface area contributed by atoms with E-state index in [0.717, 1.165) is 42.4 Å². The molecular formula is C16H18N6O3S. The van der Waals surface area contributed by atoms with Crippen LogP contribution in [0.15, 0.2) is 23.0 Å². The number of rotatable bonds is 5. The lowest BCUT2D eigenvalue weighted by Crippen LogP contribution is -2.38. The normalized spacial score (nSPS) is 15.4. The number of hydrogen-bond donors (Lipinski definition) is 1. The fourth-order valence-electron chi connectivity index (χ4n) is 2.78. The molecule has 0 aromatic carbocycles. The van der Waals surface area contributed by atoms with Crippen molar-refractivity contribution in [2.24, 2.45) is 0 Å². The molecule has 3 aromatic heterocycles. The lowest BCUT2D eigenvalue weighted by Gasteiger charge is -2.31. The van der Waals surface area contributed by atoms with Crippen molar-refractivity contribution < 1.29 is 14.4 Å². The maximum absolute atomic E-state index is 9.00. The van der Waals surface area contributed by atoms with Crippen LogP contribution in [0.4, 0.5) is 5.13 Å². The van der Waals surface area contributed by atoms with Crippen LogP contribution < -0.4 is 9.64 Å². The Bertz CT molecular complexity index is 874. The number of aliphatic hydroxyl groups is 1. The summed E-state index contributed by atoms with van der Waals surface area (Å²) >= 11 is 1.41. The zero-order valence-corrected chi connectivity index (χ0v) is 15.0. The molecule has 1 N–H and O–H groups in total. The van der Waals surface area contributed by atoms with Gasteiger partial charge in [-0.1, -0.05) is 16.5 Å². The summed E-state index contributed by atoms with van der Waals surface area (Å²) in [6, 6.07) is 1.91. The van der Waals surface area contributed by atoms with Crippen LogP contribution in [0.1, 0.15) is 24.3 Å². The molecule has 136 valence electrons. The van der Waals surface area contributed by atoms with E-state index in [9.17, 15) is 0 Å². The highest BCUT2D eigenvalue weighted by atomic mass is 32.1. The van der Waals surface area contributed by atoms with Gasteiger partial charge in [0.15, 0.2) is 5.01 Å². The van der Waals surface area contributed by atoms with Gasteiger partial charge in [-0.05, 0) is 13.0 Å². The van der Waals surface area contributed by atoms with E-state index in [1.54, 1.807) is 6.20 Å². The summed E-state index contributed by atoms with van der Waals surface area (Å²) in [5.41, 5.74) is 1.05. The molecule has 10 heteroatoms. The van der Waals surface area contributed by atoms with Crippen LogP contribution in [0.5, 0.6) is 5.75 Å². The highest BCUT2D eigenvalue weighted by Crippen LogP contribution is 2.30. The first-order valence-electron chi connectivity index (χ1n) is 8.32. The number of anilines is 1. The van der Waals surface area contributed by atoms with Gasteiger partial charge in [-0.2, -0.15) is 4.98 Å². The first-order valence-corrected chi connectivity index (χ1v) is 9.14. The van der Waals surface area contributed by atoms with E-state index < -0.39 is 0 Å². The molecule has 4 heterocycles. The second-order valence-electron chi connectivity index (χ2n) is 6.01. The maximum Gasteiger partial charge on any atom is 0.252 e. The van der Waals surface area contributed by atoms with E-state index >= 15 is 0 Å². The number of pyridine rings is 1. The van der Waals surface area contributed by atoms with Crippen molar-refractivity contribution in [3.8, 4) is 16.6 Å². The number of hydrogen-bond acceptors (Lipinski definition) is 10. The zero-order valence-electron chi connectivity index (χ0n) is 14.2. The standard InChI is InChI=1S/C16H18N6O3S/c1-10-8-17-5-2-12(10)24-11-3-6-22(7-4-11)16-20-19-15(26-16)14-18-13(9-23)25-21-14/h2,5,8,11,23H,3-4,6-7,9H2,1H3. The van der Waals surface area contributed by atoms with Crippen LogP contribution in [0, 0.1) is 6.92 Å². The molecule has 0 atom stereocenters. The first kappa shape index (κ1) is 16.9. The van der Waals surface area contributed by atoms with Gasteiger partial charge < -0.3 is 19.3 Å². The highest BCUT2D eigenvalue weighted by molar-refractivity contribution is 7.18. The summed E-state index contributed by atoms with van der Waals surface area (Å²) in [7, 11) is 0. The van der Waals surface area contributed by atoms with Gasteiger partial charge in [0.25, 0.3) is 5.89 Å². The molecule has 0 radical (unpaired) electrons. The summed E-state index contributed by atoms with van der Waals surface area (Å²) < 4.78 is 11.0. The Morgan fingerprint density at radius 1 is 1.35 bits per heavy atom. The van der Waals surface area contributed by atoms with Crippen LogP contribution in [0.25, 0.3) is 10.8 Å². The Balaban J connectivity index is 1.37. The zero-order chi connectivity index (χ0) is 17.9. The lowest BCUT2D eigenvalue weighted by molar-refractivity contribution is 0.169. The molecule has 4 rings (SSSR count). The third-order valence-corrected chi connectivity index (χ3v) is 5.16. The Hall–Kier alpha value is -2.59. The number of aliphatic hydroxyl groups excluding tert-OH is 1. The minimum absolute atomic E-state index is 0.168. The summed E-state index contributed by atoms with van der Waals surface area (Å²) in [6.07, 6.45) is 5.57. The van der Waals surface area contributed by atoms with Gasteiger partial charge in [-0.25, -0.2) is 0 Å². The van der Waals surface area contributed by atoms with Gasteiger partial charge in [-0.3, -0.25) is 4.98 Å². The van der Waals surface area contributed by atoms with Crippen LogP contribution in [-0.2, 0) is 6.61 Å². The third-order valence-electron chi connectivity index (χ3n) is 4.18. The van der Waals surface area contributed by atoms with E-state index in [1.807, 2.05) is 19.2 Å². The van der Waals surface area contributed by atoms with Gasteiger partial charge in [0.1, 0.15) is 18.5 Å². The molecule has 0 saturated carbocycles. The Labute approximate surface area is 153 Å². The van der Waals surface area contributed by atoms with Crippen LogP contribution in [-0.4, -0.2) is 49.6 Å². The molecule has 0 aliphatic carbocycles. The second kappa shape index (κ2) is 7.34. The van der Waals surface area contributed by atoms with Crippen molar-refractivity contribution in [2.45, 2.75) is 32.5 Å². The lowest BCUT2D eigenvalue weighted by atomic mass is 10.1. The Kier molecular flexibility index (Phi) is 4.76. The van der Waals surface area contributed by atoms with Crippen molar-refractivity contribution in [1.29, 1.82) is 0 Å². The summed E-state index contributed by atoms with van der Waals surface area (Å²) in [6.45, 7) is 3.40. The van der Waals surface area contributed by atoms with Crippen molar-refractivity contribution in [3.63, 3.8) is 0 Å². The van der Waals surface area contributed by atoms with E-state index in [1.165, 1.54) is 11.3 Å². The smallest absolute Gasteiger partial charge is 0.252 e. The van der Waals surface area contributed by atoms with Gasteiger partial charge in [0.2, 0.25) is 11.0 Å². The third kappa shape index (κ3) is 3.51. The van der Waals surface area contributed by atoms with Gasteiger partial charge in [0, 0.05) is 43.9 Å². The second-order valence-corrected chi connectivity index (χ2v) is 6.96. The first-order chi connectivity index (χ1) is 12.7. The fourth-order valence-corrected chi connectivity index (χ4v) is 3.60. The predicted octanol–water partition coefficient (Wildman–Crippen LogP) is 1.83. The van der Waals surface area contributed by atoms with Crippen molar-refractivity contribution in [2.75, 3.05) is 18.0 Å². The molecule has 1 aliphatic heterocycles. The van der Waals surface area contributed by atoms with Crippen molar-refractivity contribution >= 4 is 16.5 Å². The number of aryl methyl sites for hydroxylation is 1. The monoisotopic (exact) mass is 374 g/mol. The molecule has 9 nitrogen and oxygen atoms in total. The molecule has 26 heavy (non-hydrogen) atoms. The largest absolute Gasteiger partial charge is 0.490 e. The van der Waals surface area contributed by atoms with Crippen molar-refractivity contribution in [1.82, 2.24) is 25.3 Å². The predicted molar refractivity (Wildman–Crippen MR) is 94.0 cm³/mol. The summed E-state index contributed by atoms with van der Waals surface area (Å²) in [4.78, 5) is 10.3. The molecule has 0 bridgehead atoms.